The van der Waals surface area contributed by atoms with Crippen molar-refractivity contribution in [3.8, 4) is 17.2 Å². The maximum absolute atomic E-state index is 5.87. The Kier molecular flexibility index (Phi) is 3.51. The summed E-state index contributed by atoms with van der Waals surface area (Å²) < 4.78 is 16.7. The highest BCUT2D eigenvalue weighted by molar-refractivity contribution is 5.52. The first-order valence-corrected chi connectivity index (χ1v) is 6.96. The first-order chi connectivity index (χ1) is 9.31. The number of hydrogen-bond acceptors (Lipinski definition) is 4. The van der Waals surface area contributed by atoms with Gasteiger partial charge in [-0.05, 0) is 25.7 Å². The molecule has 1 heterocycles. The SMILES string of the molecule is COc1cc(OC)c2c(c1)OCCCC2NC1CC1. The Morgan fingerprint density at radius 2 is 2.00 bits per heavy atom. The standard InChI is InChI=1S/C15H21NO3/c1-17-11-8-13(18-2)15-12(16-10-5-6-10)4-3-7-19-14(15)9-11/h8-10,12,16H,3-7H2,1-2H3. The van der Waals surface area contributed by atoms with Crippen LogP contribution >= 0.6 is 0 Å². The zero-order valence-corrected chi connectivity index (χ0v) is 11.6. The highest BCUT2D eigenvalue weighted by Crippen LogP contribution is 2.42. The van der Waals surface area contributed by atoms with E-state index in [9.17, 15) is 0 Å². The fourth-order valence-corrected chi connectivity index (χ4v) is 2.64. The topological polar surface area (TPSA) is 39.7 Å². The molecule has 0 radical (unpaired) electrons. The van der Waals surface area contributed by atoms with Crippen molar-refractivity contribution in [2.45, 2.75) is 37.8 Å². The van der Waals surface area contributed by atoms with E-state index in [1.165, 1.54) is 12.8 Å². The molecule has 1 fully saturated rings. The van der Waals surface area contributed by atoms with Gasteiger partial charge in [-0.3, -0.25) is 0 Å². The van der Waals surface area contributed by atoms with Crippen molar-refractivity contribution in [3.63, 3.8) is 0 Å². The zero-order chi connectivity index (χ0) is 13.2. The number of rotatable bonds is 4. The molecule has 0 spiro atoms. The molecular weight excluding hydrogens is 242 g/mol. The van der Waals surface area contributed by atoms with E-state index in [0.717, 1.165) is 42.3 Å². The predicted molar refractivity (Wildman–Crippen MR) is 73.2 cm³/mol. The Labute approximate surface area is 114 Å². The molecule has 0 saturated heterocycles. The van der Waals surface area contributed by atoms with Gasteiger partial charge in [-0.1, -0.05) is 0 Å². The fourth-order valence-electron chi connectivity index (χ4n) is 2.64. The van der Waals surface area contributed by atoms with Gasteiger partial charge in [-0.15, -0.1) is 0 Å². The van der Waals surface area contributed by atoms with Gasteiger partial charge in [0.2, 0.25) is 0 Å². The quantitative estimate of drug-likeness (QED) is 0.906. The van der Waals surface area contributed by atoms with Crippen LogP contribution in [-0.2, 0) is 0 Å². The Morgan fingerprint density at radius 3 is 2.68 bits per heavy atom. The van der Waals surface area contributed by atoms with Crippen LogP contribution in [0, 0.1) is 0 Å². The average molecular weight is 263 g/mol. The third kappa shape index (κ3) is 2.63. The normalized spacial score (nSPS) is 22.1. The lowest BCUT2D eigenvalue weighted by molar-refractivity contribution is 0.311. The molecular formula is C15H21NO3. The van der Waals surface area contributed by atoms with Gasteiger partial charge in [0.1, 0.15) is 17.2 Å². The summed E-state index contributed by atoms with van der Waals surface area (Å²) in [6.07, 6.45) is 4.72. The molecule has 1 N–H and O–H groups in total. The molecule has 1 saturated carbocycles. The Morgan fingerprint density at radius 1 is 1.16 bits per heavy atom. The lowest BCUT2D eigenvalue weighted by Gasteiger charge is -2.21. The largest absolute Gasteiger partial charge is 0.496 e. The molecule has 0 aromatic heterocycles. The second-order valence-electron chi connectivity index (χ2n) is 5.23. The minimum atomic E-state index is 0.325. The van der Waals surface area contributed by atoms with Crippen LogP contribution < -0.4 is 19.5 Å². The molecule has 1 aliphatic carbocycles. The van der Waals surface area contributed by atoms with E-state index in [4.69, 9.17) is 14.2 Å². The average Bonchev–Trinajstić information content (AvgIpc) is 3.26. The first kappa shape index (κ1) is 12.6. The molecule has 2 aliphatic rings. The minimum absolute atomic E-state index is 0.325. The molecule has 3 rings (SSSR count). The van der Waals surface area contributed by atoms with Gasteiger partial charge in [-0.2, -0.15) is 0 Å². The Bertz CT molecular complexity index is 457. The van der Waals surface area contributed by atoms with Crippen molar-refractivity contribution >= 4 is 0 Å². The number of methoxy groups -OCH3 is 2. The van der Waals surface area contributed by atoms with Gasteiger partial charge in [0.05, 0.1) is 26.4 Å². The highest BCUT2D eigenvalue weighted by atomic mass is 16.5. The number of hydrogen-bond donors (Lipinski definition) is 1. The number of nitrogens with one attached hydrogen (secondary N) is 1. The first-order valence-electron chi connectivity index (χ1n) is 6.96. The summed E-state index contributed by atoms with van der Waals surface area (Å²) in [5, 5.41) is 3.70. The van der Waals surface area contributed by atoms with Crippen LogP contribution in [0.5, 0.6) is 17.2 Å². The smallest absolute Gasteiger partial charge is 0.131 e. The van der Waals surface area contributed by atoms with Crippen molar-refractivity contribution in [1.82, 2.24) is 5.32 Å². The molecule has 1 aromatic carbocycles. The maximum atomic E-state index is 5.87. The van der Waals surface area contributed by atoms with Crippen LogP contribution in [0.4, 0.5) is 0 Å². The molecule has 4 heteroatoms. The van der Waals surface area contributed by atoms with Crippen LogP contribution in [0.3, 0.4) is 0 Å². The van der Waals surface area contributed by atoms with E-state index in [1.807, 2.05) is 12.1 Å². The third-order valence-corrected chi connectivity index (χ3v) is 3.79. The summed E-state index contributed by atoms with van der Waals surface area (Å²) in [5.41, 5.74) is 1.15. The van der Waals surface area contributed by atoms with Gasteiger partial charge in [0, 0.05) is 24.2 Å². The van der Waals surface area contributed by atoms with Gasteiger partial charge in [0.15, 0.2) is 0 Å². The maximum Gasteiger partial charge on any atom is 0.131 e. The summed E-state index contributed by atoms with van der Waals surface area (Å²) in [6.45, 7) is 0.756. The van der Waals surface area contributed by atoms with Crippen molar-refractivity contribution < 1.29 is 14.2 Å². The number of benzene rings is 1. The van der Waals surface area contributed by atoms with Gasteiger partial charge in [0.25, 0.3) is 0 Å². The zero-order valence-electron chi connectivity index (χ0n) is 11.6. The Hall–Kier alpha value is -1.42. The van der Waals surface area contributed by atoms with E-state index < -0.39 is 0 Å². The molecule has 0 bridgehead atoms. The molecule has 1 aromatic rings. The highest BCUT2D eigenvalue weighted by Gasteiger charge is 2.30. The molecule has 104 valence electrons. The number of fused-ring (bicyclic) bond motifs is 1. The molecule has 1 aliphatic heterocycles. The molecule has 1 atom stereocenters. The lowest BCUT2D eigenvalue weighted by atomic mass is 10.0. The second-order valence-corrected chi connectivity index (χ2v) is 5.23. The summed E-state index contributed by atoms with van der Waals surface area (Å²) in [4.78, 5) is 0. The van der Waals surface area contributed by atoms with Crippen LogP contribution in [0.2, 0.25) is 0 Å². The predicted octanol–water partition coefficient (Wildman–Crippen LogP) is 2.67. The molecule has 0 amide bonds. The van der Waals surface area contributed by atoms with Crippen molar-refractivity contribution in [3.05, 3.63) is 17.7 Å². The van der Waals surface area contributed by atoms with E-state index in [1.54, 1.807) is 14.2 Å². The van der Waals surface area contributed by atoms with Crippen molar-refractivity contribution in [2.24, 2.45) is 0 Å². The second kappa shape index (κ2) is 5.29. The van der Waals surface area contributed by atoms with Gasteiger partial charge in [-0.25, -0.2) is 0 Å². The summed E-state index contributed by atoms with van der Waals surface area (Å²) >= 11 is 0. The van der Waals surface area contributed by atoms with E-state index >= 15 is 0 Å². The van der Waals surface area contributed by atoms with Crippen LogP contribution in [0.1, 0.15) is 37.3 Å². The monoisotopic (exact) mass is 263 g/mol. The van der Waals surface area contributed by atoms with Crippen LogP contribution in [0.25, 0.3) is 0 Å². The summed E-state index contributed by atoms with van der Waals surface area (Å²) in [7, 11) is 3.37. The number of ether oxygens (including phenoxy) is 3. The van der Waals surface area contributed by atoms with Gasteiger partial charge < -0.3 is 19.5 Å². The molecule has 19 heavy (non-hydrogen) atoms. The molecule has 4 nitrogen and oxygen atoms in total. The minimum Gasteiger partial charge on any atom is -0.496 e. The van der Waals surface area contributed by atoms with Crippen molar-refractivity contribution in [1.29, 1.82) is 0 Å². The molecule has 1 unspecified atom stereocenters. The summed E-state index contributed by atoms with van der Waals surface area (Å²) in [5.74, 6) is 2.53. The van der Waals surface area contributed by atoms with E-state index in [-0.39, 0.29) is 0 Å². The lowest BCUT2D eigenvalue weighted by Crippen LogP contribution is -2.23. The third-order valence-electron chi connectivity index (χ3n) is 3.79. The van der Waals surface area contributed by atoms with E-state index in [2.05, 4.69) is 5.32 Å². The van der Waals surface area contributed by atoms with Crippen LogP contribution in [-0.4, -0.2) is 26.9 Å². The summed E-state index contributed by atoms with van der Waals surface area (Å²) in [6, 6.07) is 4.90. The fraction of sp³-hybridized carbons (Fsp3) is 0.600. The Balaban J connectivity index is 1.99. The van der Waals surface area contributed by atoms with E-state index in [0.29, 0.717) is 12.1 Å². The van der Waals surface area contributed by atoms with Crippen LogP contribution in [0.15, 0.2) is 12.1 Å². The van der Waals surface area contributed by atoms with Crippen molar-refractivity contribution in [2.75, 3.05) is 20.8 Å². The van der Waals surface area contributed by atoms with Gasteiger partial charge >= 0.3 is 0 Å².